The molecule has 0 aliphatic heterocycles. The molecule has 3 aromatic rings. The van der Waals surface area contributed by atoms with Crippen molar-refractivity contribution in [3.63, 3.8) is 0 Å². The number of hydrogen-bond donors (Lipinski definition) is 2. The molecule has 0 aromatic carbocycles. The van der Waals surface area contributed by atoms with E-state index in [1.807, 2.05) is 33.8 Å². The number of aryl methyl sites for hydroxylation is 4. The van der Waals surface area contributed by atoms with Crippen LogP contribution in [0.1, 0.15) is 22.6 Å². The monoisotopic (exact) mass is 298 g/mol. The fourth-order valence-corrected chi connectivity index (χ4v) is 2.53. The van der Waals surface area contributed by atoms with E-state index in [0.717, 1.165) is 33.7 Å². The highest BCUT2D eigenvalue weighted by Crippen LogP contribution is 2.25. The molecule has 2 N–H and O–H groups in total. The number of amides is 1. The zero-order valence-corrected chi connectivity index (χ0v) is 13.1. The van der Waals surface area contributed by atoms with Gasteiger partial charge in [-0.2, -0.15) is 5.10 Å². The summed E-state index contributed by atoms with van der Waals surface area (Å²) in [5.41, 5.74) is 4.63. The quantitative estimate of drug-likeness (QED) is 0.774. The zero-order valence-electron chi connectivity index (χ0n) is 13.1. The molecule has 22 heavy (non-hydrogen) atoms. The number of fused-ring (bicyclic) bond motifs is 1. The molecule has 0 aliphatic carbocycles. The van der Waals surface area contributed by atoms with Gasteiger partial charge in [0.2, 0.25) is 5.91 Å². The summed E-state index contributed by atoms with van der Waals surface area (Å²) in [5.74, 6) is 0.364. The molecule has 0 saturated heterocycles. The molecule has 3 aromatic heterocycles. The second-order valence-corrected chi connectivity index (χ2v) is 5.45. The first-order valence-corrected chi connectivity index (χ1v) is 7.06. The number of anilines is 1. The number of aromatic nitrogens is 5. The van der Waals surface area contributed by atoms with Crippen molar-refractivity contribution in [2.24, 2.45) is 0 Å². The lowest BCUT2D eigenvalue weighted by molar-refractivity contribution is -0.116. The molecule has 0 radical (unpaired) electrons. The Labute approximate surface area is 127 Å². The van der Waals surface area contributed by atoms with Crippen LogP contribution in [0.15, 0.2) is 12.4 Å². The molecule has 0 aliphatic rings. The third kappa shape index (κ3) is 2.45. The number of nitrogens with zero attached hydrogens (tertiary/aromatic N) is 4. The van der Waals surface area contributed by atoms with Crippen molar-refractivity contribution >= 4 is 22.8 Å². The van der Waals surface area contributed by atoms with Crippen molar-refractivity contribution in [3.05, 3.63) is 35.0 Å². The number of aromatic amines is 1. The molecule has 0 atom stereocenters. The number of nitrogens with one attached hydrogen (secondary N) is 2. The topological polar surface area (TPSA) is 88.5 Å². The Morgan fingerprint density at radius 1 is 1.27 bits per heavy atom. The van der Waals surface area contributed by atoms with Crippen molar-refractivity contribution in [2.45, 2.75) is 34.2 Å². The van der Waals surface area contributed by atoms with Gasteiger partial charge in [0.1, 0.15) is 24.3 Å². The molecule has 1 amide bonds. The van der Waals surface area contributed by atoms with Crippen molar-refractivity contribution in [1.29, 1.82) is 0 Å². The molecule has 114 valence electrons. The van der Waals surface area contributed by atoms with Gasteiger partial charge in [0.15, 0.2) is 0 Å². The molecule has 3 rings (SSSR count). The summed E-state index contributed by atoms with van der Waals surface area (Å²) >= 11 is 0. The Hall–Kier alpha value is -2.70. The van der Waals surface area contributed by atoms with Gasteiger partial charge in [-0.15, -0.1) is 0 Å². The van der Waals surface area contributed by atoms with Gasteiger partial charge in [0.25, 0.3) is 0 Å². The number of rotatable bonds is 3. The van der Waals surface area contributed by atoms with Crippen LogP contribution in [-0.4, -0.2) is 30.6 Å². The molecule has 3 heterocycles. The highest BCUT2D eigenvalue weighted by Gasteiger charge is 2.14. The lowest BCUT2D eigenvalue weighted by Gasteiger charge is -2.07. The van der Waals surface area contributed by atoms with Crippen LogP contribution >= 0.6 is 0 Å². The van der Waals surface area contributed by atoms with Crippen LogP contribution in [0.4, 0.5) is 5.82 Å². The van der Waals surface area contributed by atoms with E-state index in [1.54, 1.807) is 4.68 Å². The molecule has 7 nitrogen and oxygen atoms in total. The lowest BCUT2D eigenvalue weighted by atomic mass is 10.2. The van der Waals surface area contributed by atoms with E-state index < -0.39 is 0 Å². The summed E-state index contributed by atoms with van der Waals surface area (Å²) < 4.78 is 1.68. The maximum absolute atomic E-state index is 12.3. The first kappa shape index (κ1) is 14.2. The summed E-state index contributed by atoms with van der Waals surface area (Å²) in [5, 5.41) is 7.99. The SMILES string of the molecule is Cc1cc(C)n(CC(=O)Nc2ncnc3[nH]c(C)c(C)c23)n1. The average molecular weight is 298 g/mol. The summed E-state index contributed by atoms with van der Waals surface area (Å²) in [4.78, 5) is 23.8. The normalized spacial score (nSPS) is 11.1. The highest BCUT2D eigenvalue weighted by molar-refractivity contribution is 6.00. The third-order valence-corrected chi connectivity index (χ3v) is 3.75. The number of carbonyl (C=O) groups is 1. The van der Waals surface area contributed by atoms with Crippen LogP contribution in [0.5, 0.6) is 0 Å². The second kappa shape index (κ2) is 5.25. The molecular weight excluding hydrogens is 280 g/mol. The summed E-state index contributed by atoms with van der Waals surface area (Å²) in [6.07, 6.45) is 1.44. The Morgan fingerprint density at radius 3 is 2.73 bits per heavy atom. The van der Waals surface area contributed by atoms with Crippen LogP contribution in [-0.2, 0) is 11.3 Å². The predicted octanol–water partition coefficient (Wildman–Crippen LogP) is 2.03. The average Bonchev–Trinajstić information content (AvgIpc) is 2.91. The fraction of sp³-hybridized carbons (Fsp3) is 0.333. The Kier molecular flexibility index (Phi) is 3.40. The Bertz CT molecular complexity index is 860. The van der Waals surface area contributed by atoms with Gasteiger partial charge in [-0.05, 0) is 39.3 Å². The van der Waals surface area contributed by atoms with Gasteiger partial charge < -0.3 is 10.3 Å². The molecule has 0 bridgehead atoms. The molecular formula is C15H18N6O. The second-order valence-electron chi connectivity index (χ2n) is 5.45. The van der Waals surface area contributed by atoms with Gasteiger partial charge in [0.05, 0.1) is 11.1 Å². The van der Waals surface area contributed by atoms with Crippen molar-refractivity contribution in [3.8, 4) is 0 Å². The molecule has 0 spiro atoms. The van der Waals surface area contributed by atoms with Gasteiger partial charge in [-0.3, -0.25) is 9.48 Å². The first-order chi connectivity index (χ1) is 10.5. The lowest BCUT2D eigenvalue weighted by Crippen LogP contribution is -2.21. The van der Waals surface area contributed by atoms with E-state index in [1.165, 1.54) is 6.33 Å². The van der Waals surface area contributed by atoms with E-state index in [9.17, 15) is 4.79 Å². The van der Waals surface area contributed by atoms with Gasteiger partial charge >= 0.3 is 0 Å². The van der Waals surface area contributed by atoms with Gasteiger partial charge in [0, 0.05) is 11.4 Å². The van der Waals surface area contributed by atoms with E-state index in [0.29, 0.717) is 5.82 Å². The largest absolute Gasteiger partial charge is 0.343 e. The minimum Gasteiger partial charge on any atom is -0.343 e. The maximum Gasteiger partial charge on any atom is 0.247 e. The van der Waals surface area contributed by atoms with Crippen LogP contribution in [0.2, 0.25) is 0 Å². The Balaban J connectivity index is 1.87. The fourth-order valence-electron chi connectivity index (χ4n) is 2.53. The standard InChI is InChI=1S/C15H18N6O/c1-8-5-9(2)21(20-8)6-12(22)19-15-13-10(3)11(4)18-14(13)16-7-17-15/h5,7H,6H2,1-4H3,(H2,16,17,18,19,22). The molecule has 7 heteroatoms. The Morgan fingerprint density at radius 2 is 2.05 bits per heavy atom. The molecule has 0 unspecified atom stereocenters. The van der Waals surface area contributed by atoms with Crippen molar-refractivity contribution in [1.82, 2.24) is 24.7 Å². The predicted molar refractivity (Wildman–Crippen MR) is 83.7 cm³/mol. The third-order valence-electron chi connectivity index (χ3n) is 3.75. The number of carbonyl (C=O) groups excluding carboxylic acids is 1. The maximum atomic E-state index is 12.3. The van der Waals surface area contributed by atoms with Gasteiger partial charge in [-0.1, -0.05) is 0 Å². The summed E-state index contributed by atoms with van der Waals surface area (Å²) in [7, 11) is 0. The minimum atomic E-state index is -0.163. The van der Waals surface area contributed by atoms with Crippen LogP contribution < -0.4 is 5.32 Å². The molecule has 0 fully saturated rings. The summed E-state index contributed by atoms with van der Waals surface area (Å²) in [6, 6.07) is 1.94. The van der Waals surface area contributed by atoms with Crippen molar-refractivity contribution in [2.75, 3.05) is 5.32 Å². The number of hydrogen-bond acceptors (Lipinski definition) is 4. The zero-order chi connectivity index (χ0) is 15.9. The van der Waals surface area contributed by atoms with Gasteiger partial charge in [-0.25, -0.2) is 9.97 Å². The smallest absolute Gasteiger partial charge is 0.247 e. The van der Waals surface area contributed by atoms with E-state index in [2.05, 4.69) is 25.4 Å². The first-order valence-electron chi connectivity index (χ1n) is 7.06. The molecule has 0 saturated carbocycles. The number of H-pyrrole nitrogens is 1. The minimum absolute atomic E-state index is 0.160. The van der Waals surface area contributed by atoms with Crippen molar-refractivity contribution < 1.29 is 4.79 Å². The highest BCUT2D eigenvalue weighted by atomic mass is 16.2. The van der Waals surface area contributed by atoms with Crippen LogP contribution in [0.25, 0.3) is 11.0 Å². The summed E-state index contributed by atoms with van der Waals surface area (Å²) in [6.45, 7) is 7.94. The van der Waals surface area contributed by atoms with Crippen LogP contribution in [0.3, 0.4) is 0 Å². The van der Waals surface area contributed by atoms with E-state index >= 15 is 0 Å². The van der Waals surface area contributed by atoms with Crippen LogP contribution in [0, 0.1) is 27.7 Å². The van der Waals surface area contributed by atoms with E-state index in [-0.39, 0.29) is 12.5 Å². The van der Waals surface area contributed by atoms with E-state index in [4.69, 9.17) is 0 Å².